The predicted molar refractivity (Wildman–Crippen MR) is 89.8 cm³/mol. The molecular formula is C16H26N4O2S. The second-order valence-corrected chi connectivity index (χ2v) is 8.74. The summed E-state index contributed by atoms with van der Waals surface area (Å²) in [7, 11) is -3.04. The van der Waals surface area contributed by atoms with Crippen LogP contribution in [0.3, 0.4) is 0 Å². The summed E-state index contributed by atoms with van der Waals surface area (Å²) in [5.74, 6) is 1.31. The summed E-state index contributed by atoms with van der Waals surface area (Å²) < 4.78 is 24.9. The molecule has 2 aliphatic rings. The van der Waals surface area contributed by atoms with E-state index in [-0.39, 0.29) is 0 Å². The molecule has 0 bridgehead atoms. The van der Waals surface area contributed by atoms with Crippen molar-refractivity contribution in [3.05, 3.63) is 23.8 Å². The minimum atomic E-state index is -3.04. The maximum absolute atomic E-state index is 11.6. The summed E-state index contributed by atoms with van der Waals surface area (Å²) in [6, 6.07) is 2.53. The van der Waals surface area contributed by atoms with E-state index < -0.39 is 10.0 Å². The van der Waals surface area contributed by atoms with Crippen molar-refractivity contribution in [1.82, 2.24) is 19.2 Å². The van der Waals surface area contributed by atoms with Crippen molar-refractivity contribution in [2.75, 3.05) is 32.4 Å². The topological polar surface area (TPSA) is 66.4 Å². The van der Waals surface area contributed by atoms with Gasteiger partial charge < -0.3 is 0 Å². The molecule has 0 N–H and O–H groups in total. The lowest BCUT2D eigenvalue weighted by Crippen LogP contribution is -2.49. The smallest absolute Gasteiger partial charge is 0.211 e. The number of hydrogen-bond donors (Lipinski definition) is 0. The van der Waals surface area contributed by atoms with Crippen LogP contribution >= 0.6 is 0 Å². The van der Waals surface area contributed by atoms with E-state index in [2.05, 4.69) is 14.9 Å². The van der Waals surface area contributed by atoms with E-state index in [0.29, 0.717) is 25.0 Å². The Labute approximate surface area is 139 Å². The van der Waals surface area contributed by atoms with Gasteiger partial charge in [-0.1, -0.05) is 0 Å². The minimum absolute atomic E-state index is 0.471. The van der Waals surface area contributed by atoms with E-state index in [4.69, 9.17) is 0 Å². The SMILES string of the molecule is Cc1nccc([C@H]2CCCN(C3CCN(S(C)(=O)=O)CC3)C2)n1. The first-order valence-electron chi connectivity index (χ1n) is 8.42. The van der Waals surface area contributed by atoms with Gasteiger partial charge in [0.25, 0.3) is 0 Å². The van der Waals surface area contributed by atoms with E-state index >= 15 is 0 Å². The maximum atomic E-state index is 11.6. The second kappa shape index (κ2) is 6.83. The highest BCUT2D eigenvalue weighted by Gasteiger charge is 2.31. The van der Waals surface area contributed by atoms with Gasteiger partial charge in [0.2, 0.25) is 10.0 Å². The van der Waals surface area contributed by atoms with Crippen molar-refractivity contribution < 1.29 is 8.42 Å². The molecule has 23 heavy (non-hydrogen) atoms. The maximum Gasteiger partial charge on any atom is 0.211 e. The largest absolute Gasteiger partial charge is 0.300 e. The highest BCUT2D eigenvalue weighted by molar-refractivity contribution is 7.88. The fourth-order valence-electron chi connectivity index (χ4n) is 3.82. The van der Waals surface area contributed by atoms with Gasteiger partial charge in [0.05, 0.1) is 6.26 Å². The minimum Gasteiger partial charge on any atom is -0.300 e. The number of aryl methyl sites for hydroxylation is 1. The van der Waals surface area contributed by atoms with Crippen LogP contribution < -0.4 is 0 Å². The first-order chi connectivity index (χ1) is 10.9. The van der Waals surface area contributed by atoms with Gasteiger partial charge in [-0.25, -0.2) is 22.7 Å². The zero-order valence-electron chi connectivity index (χ0n) is 14.0. The number of rotatable bonds is 3. The highest BCUT2D eigenvalue weighted by Crippen LogP contribution is 2.29. The summed E-state index contributed by atoms with van der Waals surface area (Å²) in [5.41, 5.74) is 1.15. The molecule has 3 rings (SSSR count). The molecule has 0 aliphatic carbocycles. The van der Waals surface area contributed by atoms with Crippen LogP contribution in [0.2, 0.25) is 0 Å². The Bertz CT molecular complexity index is 641. The summed E-state index contributed by atoms with van der Waals surface area (Å²) in [4.78, 5) is 11.3. The fourth-order valence-corrected chi connectivity index (χ4v) is 4.69. The van der Waals surface area contributed by atoms with E-state index in [1.54, 1.807) is 4.31 Å². The van der Waals surface area contributed by atoms with E-state index in [0.717, 1.165) is 37.4 Å². The first kappa shape index (κ1) is 16.8. The zero-order chi connectivity index (χ0) is 16.4. The quantitative estimate of drug-likeness (QED) is 0.833. The average molecular weight is 338 g/mol. The van der Waals surface area contributed by atoms with Crippen molar-refractivity contribution >= 4 is 10.0 Å². The number of likely N-dealkylation sites (tertiary alicyclic amines) is 1. The molecule has 0 spiro atoms. The molecule has 1 atom stereocenters. The summed E-state index contributed by atoms with van der Waals surface area (Å²) >= 11 is 0. The highest BCUT2D eigenvalue weighted by atomic mass is 32.2. The lowest BCUT2D eigenvalue weighted by Gasteiger charge is -2.41. The van der Waals surface area contributed by atoms with Crippen molar-refractivity contribution in [2.24, 2.45) is 0 Å². The van der Waals surface area contributed by atoms with Gasteiger partial charge in [0, 0.05) is 43.5 Å². The van der Waals surface area contributed by atoms with Gasteiger partial charge in [-0.05, 0) is 45.2 Å². The van der Waals surface area contributed by atoms with Gasteiger partial charge in [0.15, 0.2) is 0 Å². The molecule has 0 aromatic carbocycles. The Hall–Kier alpha value is -1.05. The van der Waals surface area contributed by atoms with Gasteiger partial charge >= 0.3 is 0 Å². The van der Waals surface area contributed by atoms with Crippen LogP contribution in [0.1, 0.15) is 43.1 Å². The van der Waals surface area contributed by atoms with Crippen LogP contribution in [0.4, 0.5) is 0 Å². The molecule has 0 radical (unpaired) electrons. The van der Waals surface area contributed by atoms with Gasteiger partial charge in [-0.3, -0.25) is 4.90 Å². The molecule has 0 saturated carbocycles. The summed E-state index contributed by atoms with van der Waals surface area (Å²) in [6.45, 7) is 5.38. The lowest BCUT2D eigenvalue weighted by molar-refractivity contribution is 0.106. The molecule has 2 fully saturated rings. The van der Waals surface area contributed by atoms with Crippen LogP contribution in [-0.4, -0.2) is 66.1 Å². The van der Waals surface area contributed by atoms with Crippen LogP contribution in [0, 0.1) is 6.92 Å². The molecule has 1 aromatic rings. The Balaban J connectivity index is 1.61. The van der Waals surface area contributed by atoms with Crippen LogP contribution in [-0.2, 0) is 10.0 Å². The molecule has 2 saturated heterocycles. The molecule has 128 valence electrons. The molecule has 1 aromatic heterocycles. The summed E-state index contributed by atoms with van der Waals surface area (Å²) in [6.07, 6.45) is 7.38. The molecule has 2 aliphatic heterocycles. The Kier molecular flexibility index (Phi) is 4.98. The lowest BCUT2D eigenvalue weighted by atomic mass is 9.92. The molecular weight excluding hydrogens is 312 g/mol. The van der Waals surface area contributed by atoms with Gasteiger partial charge in [-0.2, -0.15) is 0 Å². The average Bonchev–Trinajstić information content (AvgIpc) is 2.54. The Morgan fingerprint density at radius 3 is 2.57 bits per heavy atom. The van der Waals surface area contributed by atoms with Crippen molar-refractivity contribution in [1.29, 1.82) is 0 Å². The second-order valence-electron chi connectivity index (χ2n) is 6.76. The third kappa shape index (κ3) is 4.08. The molecule has 6 nitrogen and oxygen atoms in total. The van der Waals surface area contributed by atoms with E-state index in [1.165, 1.54) is 19.1 Å². The van der Waals surface area contributed by atoms with E-state index in [1.807, 2.05) is 19.2 Å². The van der Waals surface area contributed by atoms with Crippen molar-refractivity contribution in [2.45, 2.75) is 44.6 Å². The predicted octanol–water partition coefficient (Wildman–Crippen LogP) is 1.39. The van der Waals surface area contributed by atoms with Crippen LogP contribution in [0.5, 0.6) is 0 Å². The van der Waals surface area contributed by atoms with Crippen molar-refractivity contribution in [3.63, 3.8) is 0 Å². The molecule has 0 unspecified atom stereocenters. The first-order valence-corrected chi connectivity index (χ1v) is 10.3. The Morgan fingerprint density at radius 1 is 1.17 bits per heavy atom. The summed E-state index contributed by atoms with van der Waals surface area (Å²) in [5, 5.41) is 0. The van der Waals surface area contributed by atoms with Crippen LogP contribution in [0.25, 0.3) is 0 Å². The zero-order valence-corrected chi connectivity index (χ0v) is 14.8. The third-order valence-electron chi connectivity index (χ3n) is 5.08. The van der Waals surface area contributed by atoms with Gasteiger partial charge in [0.1, 0.15) is 5.82 Å². The Morgan fingerprint density at radius 2 is 1.91 bits per heavy atom. The van der Waals surface area contributed by atoms with Crippen LogP contribution in [0.15, 0.2) is 12.3 Å². The third-order valence-corrected chi connectivity index (χ3v) is 6.38. The monoisotopic (exact) mass is 338 g/mol. The van der Waals surface area contributed by atoms with Crippen molar-refractivity contribution in [3.8, 4) is 0 Å². The van der Waals surface area contributed by atoms with Gasteiger partial charge in [-0.15, -0.1) is 0 Å². The standard InChI is InChI=1S/C16H26N4O2S/c1-13-17-8-5-16(18-13)14-4-3-9-19(12-14)15-6-10-20(11-7-15)23(2,21)22/h5,8,14-15H,3-4,6-7,9-12H2,1-2H3/t14-/m0/s1. The number of aromatic nitrogens is 2. The number of sulfonamides is 1. The molecule has 0 amide bonds. The number of hydrogen-bond acceptors (Lipinski definition) is 5. The van der Waals surface area contributed by atoms with E-state index in [9.17, 15) is 8.42 Å². The fraction of sp³-hybridized carbons (Fsp3) is 0.750. The normalized spacial score (nSPS) is 25.6. The number of piperidine rings is 2. The molecule has 3 heterocycles. The number of nitrogens with zero attached hydrogens (tertiary/aromatic N) is 4. The molecule has 7 heteroatoms.